The number of H-pyrrole nitrogens is 1. The highest BCUT2D eigenvalue weighted by atomic mass is 19.1. The summed E-state index contributed by atoms with van der Waals surface area (Å²) in [7, 11) is 0. The van der Waals surface area contributed by atoms with Crippen molar-refractivity contribution < 1.29 is 13.9 Å². The molecule has 4 heteroatoms. The Morgan fingerprint density at radius 1 is 1.14 bits per heavy atom. The van der Waals surface area contributed by atoms with Gasteiger partial charge in [-0.25, -0.2) is 4.39 Å². The zero-order valence-corrected chi connectivity index (χ0v) is 12.3. The molecule has 0 spiro atoms. The maximum absolute atomic E-state index is 13.5. The molecule has 0 aliphatic carbocycles. The van der Waals surface area contributed by atoms with E-state index in [9.17, 15) is 9.18 Å². The molecule has 0 radical (unpaired) electrons. The number of aromatic amines is 1. The number of carbonyl (C=O) groups is 1. The number of carbonyl (C=O) groups excluding carboxylic acids is 1. The highest BCUT2D eigenvalue weighted by Crippen LogP contribution is 2.34. The molecule has 1 aliphatic rings. The van der Waals surface area contributed by atoms with Gasteiger partial charge in [-0.05, 0) is 55.3 Å². The van der Waals surface area contributed by atoms with Crippen LogP contribution in [0.4, 0.5) is 4.39 Å². The summed E-state index contributed by atoms with van der Waals surface area (Å²) in [6, 6.07) is 8.21. The van der Waals surface area contributed by atoms with Gasteiger partial charge in [0.05, 0.1) is 11.3 Å². The van der Waals surface area contributed by atoms with Crippen LogP contribution in [-0.4, -0.2) is 10.8 Å². The third kappa shape index (κ3) is 1.77. The lowest BCUT2D eigenvalue weighted by Crippen LogP contribution is -2.03. The Morgan fingerprint density at radius 2 is 1.91 bits per heavy atom. The molecular formula is C18H14FNO2. The van der Waals surface area contributed by atoms with Gasteiger partial charge in [-0.1, -0.05) is 0 Å². The van der Waals surface area contributed by atoms with Crippen LogP contribution in [0.1, 0.15) is 32.7 Å². The molecule has 1 aliphatic heterocycles. The fourth-order valence-corrected chi connectivity index (χ4v) is 2.93. The maximum atomic E-state index is 13.5. The van der Waals surface area contributed by atoms with E-state index in [1.165, 1.54) is 12.1 Å². The number of halogens is 1. The van der Waals surface area contributed by atoms with E-state index < -0.39 is 0 Å². The predicted octanol–water partition coefficient (Wildman–Crippen LogP) is 4.05. The summed E-state index contributed by atoms with van der Waals surface area (Å²) >= 11 is 0. The Labute approximate surface area is 126 Å². The van der Waals surface area contributed by atoms with Crippen LogP contribution < -0.4 is 4.74 Å². The average Bonchev–Trinajstić information content (AvgIpc) is 2.79. The number of benzene rings is 2. The topological polar surface area (TPSA) is 42.1 Å². The van der Waals surface area contributed by atoms with Gasteiger partial charge in [0.2, 0.25) is 5.78 Å². The van der Waals surface area contributed by atoms with Gasteiger partial charge in [-0.15, -0.1) is 0 Å². The largest absolute Gasteiger partial charge is 0.488 e. The molecule has 3 nitrogen and oxygen atoms in total. The number of fused-ring (bicyclic) bond motifs is 4. The van der Waals surface area contributed by atoms with Crippen LogP contribution in [0.5, 0.6) is 5.75 Å². The van der Waals surface area contributed by atoms with Crippen LogP contribution in [0.2, 0.25) is 0 Å². The van der Waals surface area contributed by atoms with E-state index in [1.807, 2.05) is 26.0 Å². The summed E-state index contributed by atoms with van der Waals surface area (Å²) < 4.78 is 19.3. The molecule has 110 valence electrons. The highest BCUT2D eigenvalue weighted by Gasteiger charge is 2.26. The quantitative estimate of drug-likeness (QED) is 0.680. The molecule has 3 aromatic rings. The van der Waals surface area contributed by atoms with Crippen molar-refractivity contribution in [3.05, 3.63) is 64.1 Å². The minimum atomic E-state index is -0.324. The molecule has 2 heterocycles. The van der Waals surface area contributed by atoms with Crippen molar-refractivity contribution in [2.24, 2.45) is 0 Å². The Kier molecular flexibility index (Phi) is 2.64. The molecule has 1 aromatic heterocycles. The fourth-order valence-electron chi connectivity index (χ4n) is 2.93. The highest BCUT2D eigenvalue weighted by molar-refractivity contribution is 6.13. The zero-order valence-electron chi connectivity index (χ0n) is 12.3. The van der Waals surface area contributed by atoms with Crippen LogP contribution >= 0.6 is 0 Å². The molecule has 22 heavy (non-hydrogen) atoms. The van der Waals surface area contributed by atoms with Crippen molar-refractivity contribution in [2.75, 3.05) is 0 Å². The third-order valence-corrected chi connectivity index (χ3v) is 4.31. The van der Waals surface area contributed by atoms with E-state index in [0.29, 0.717) is 28.0 Å². The van der Waals surface area contributed by atoms with Gasteiger partial charge in [0, 0.05) is 16.5 Å². The minimum Gasteiger partial charge on any atom is -0.488 e. The molecule has 0 saturated carbocycles. The number of ether oxygens (including phenoxy) is 1. The maximum Gasteiger partial charge on any atom is 0.213 e. The smallest absolute Gasteiger partial charge is 0.213 e. The van der Waals surface area contributed by atoms with E-state index in [1.54, 1.807) is 6.07 Å². The average molecular weight is 295 g/mol. The molecule has 4 rings (SSSR count). The SMILES string of the molecule is Cc1cc2c(cc1C)C(=O)c1[nH]c3ccc(F)cc3c1CO2. The van der Waals surface area contributed by atoms with Gasteiger partial charge in [0.25, 0.3) is 0 Å². The van der Waals surface area contributed by atoms with E-state index in [-0.39, 0.29) is 18.2 Å². The van der Waals surface area contributed by atoms with Crippen molar-refractivity contribution in [3.8, 4) is 5.75 Å². The first kappa shape index (κ1) is 13.1. The minimum absolute atomic E-state index is 0.109. The lowest BCUT2D eigenvalue weighted by molar-refractivity contribution is 0.103. The molecular weight excluding hydrogens is 281 g/mol. The number of aryl methyl sites for hydroxylation is 2. The number of rotatable bonds is 0. The van der Waals surface area contributed by atoms with Gasteiger partial charge in [0.1, 0.15) is 18.2 Å². The van der Waals surface area contributed by atoms with Crippen LogP contribution in [-0.2, 0) is 6.61 Å². The van der Waals surface area contributed by atoms with Gasteiger partial charge in [-0.2, -0.15) is 0 Å². The fraction of sp³-hybridized carbons (Fsp3) is 0.167. The van der Waals surface area contributed by atoms with Crippen molar-refractivity contribution in [3.63, 3.8) is 0 Å². The standard InChI is InChI=1S/C18H14FNO2/c1-9-5-13-16(6-10(9)2)22-8-14-12-7-11(19)3-4-15(12)20-17(14)18(13)21/h3-7,20H,8H2,1-2H3. The molecule has 2 aromatic carbocycles. The molecule has 1 N–H and O–H groups in total. The monoisotopic (exact) mass is 295 g/mol. The number of hydrogen-bond donors (Lipinski definition) is 1. The summed E-state index contributed by atoms with van der Waals surface area (Å²) in [5, 5.41) is 0.699. The molecule has 0 fully saturated rings. The Hall–Kier alpha value is -2.62. The normalized spacial score (nSPS) is 13.5. The van der Waals surface area contributed by atoms with Crippen molar-refractivity contribution in [1.82, 2.24) is 4.98 Å². The number of aromatic nitrogens is 1. The Bertz CT molecular complexity index is 940. The molecule has 0 atom stereocenters. The second kappa shape index (κ2) is 4.44. The van der Waals surface area contributed by atoms with Gasteiger partial charge in [-0.3, -0.25) is 4.79 Å². The summed E-state index contributed by atoms with van der Waals surface area (Å²) in [5.74, 6) is 0.152. The van der Waals surface area contributed by atoms with Gasteiger partial charge >= 0.3 is 0 Å². The first-order valence-electron chi connectivity index (χ1n) is 7.13. The zero-order chi connectivity index (χ0) is 15.4. The summed E-state index contributed by atoms with van der Waals surface area (Å²) in [5.41, 5.74) is 4.62. The van der Waals surface area contributed by atoms with Crippen LogP contribution in [0, 0.1) is 19.7 Å². The third-order valence-electron chi connectivity index (χ3n) is 4.31. The Morgan fingerprint density at radius 3 is 2.73 bits per heavy atom. The summed E-state index contributed by atoms with van der Waals surface area (Å²) in [4.78, 5) is 16.0. The second-order valence-corrected chi connectivity index (χ2v) is 5.72. The number of hydrogen-bond acceptors (Lipinski definition) is 2. The summed E-state index contributed by atoms with van der Waals surface area (Å²) in [6.45, 7) is 4.20. The lowest BCUT2D eigenvalue weighted by atomic mass is 10.00. The molecule has 0 bridgehead atoms. The molecule has 0 amide bonds. The molecule has 0 saturated heterocycles. The van der Waals surface area contributed by atoms with E-state index in [2.05, 4.69) is 4.98 Å². The lowest BCUT2D eigenvalue weighted by Gasteiger charge is -2.09. The van der Waals surface area contributed by atoms with Crippen molar-refractivity contribution in [1.29, 1.82) is 0 Å². The van der Waals surface area contributed by atoms with Gasteiger partial charge < -0.3 is 9.72 Å². The van der Waals surface area contributed by atoms with Crippen LogP contribution in [0.3, 0.4) is 0 Å². The van der Waals surface area contributed by atoms with Crippen molar-refractivity contribution in [2.45, 2.75) is 20.5 Å². The molecule has 0 unspecified atom stereocenters. The van der Waals surface area contributed by atoms with Crippen LogP contribution in [0.25, 0.3) is 10.9 Å². The summed E-state index contributed by atoms with van der Waals surface area (Å²) in [6.07, 6.45) is 0. The second-order valence-electron chi connectivity index (χ2n) is 5.72. The Balaban J connectivity index is 1.98. The van der Waals surface area contributed by atoms with Gasteiger partial charge in [0.15, 0.2) is 0 Å². The van der Waals surface area contributed by atoms with E-state index in [0.717, 1.165) is 16.6 Å². The van der Waals surface area contributed by atoms with Crippen LogP contribution in [0.15, 0.2) is 30.3 Å². The van der Waals surface area contributed by atoms with E-state index in [4.69, 9.17) is 4.74 Å². The van der Waals surface area contributed by atoms with E-state index >= 15 is 0 Å². The number of nitrogens with one attached hydrogen (secondary N) is 1. The predicted molar refractivity (Wildman–Crippen MR) is 81.9 cm³/mol. The first-order chi connectivity index (χ1) is 10.5. The first-order valence-corrected chi connectivity index (χ1v) is 7.13. The van der Waals surface area contributed by atoms with Crippen molar-refractivity contribution >= 4 is 16.7 Å². The number of ketones is 1.